The minimum Gasteiger partial charge on any atom is -0.466 e. The van der Waals surface area contributed by atoms with Gasteiger partial charge in [0.2, 0.25) is 11.8 Å². The van der Waals surface area contributed by atoms with E-state index in [2.05, 4.69) is 5.32 Å². The average molecular weight is 463 g/mol. The van der Waals surface area contributed by atoms with E-state index in [0.717, 1.165) is 5.56 Å². The summed E-state index contributed by atoms with van der Waals surface area (Å²) in [6.07, 6.45) is 4.86. The van der Waals surface area contributed by atoms with Crippen LogP contribution in [0.1, 0.15) is 32.3 Å². The Morgan fingerprint density at radius 3 is 2.62 bits per heavy atom. The molecule has 1 aromatic carbocycles. The molecule has 0 unspecified atom stereocenters. The molecule has 0 spiro atoms. The number of aryl methyl sites for hydroxylation is 1. The smallest absolute Gasteiger partial charge is 0.310 e. The summed E-state index contributed by atoms with van der Waals surface area (Å²) in [5.74, 6) is -2.93. The number of allylic oxidation sites excluding steroid dienone is 1. The second-order valence-corrected chi connectivity index (χ2v) is 8.72. The number of likely N-dealkylation sites (tertiary alicyclic amines) is 1. The van der Waals surface area contributed by atoms with Gasteiger partial charge in [-0.3, -0.25) is 14.4 Å². The number of carbonyl (C=O) groups excluding carboxylic acids is 3. The second kappa shape index (κ2) is 10.5. The zero-order chi connectivity index (χ0) is 23.4. The number of carbonyl (C=O) groups is 3. The number of anilines is 1. The first-order valence-corrected chi connectivity index (χ1v) is 11.6. The Morgan fingerprint density at radius 2 is 2.00 bits per heavy atom. The predicted octanol–water partition coefficient (Wildman–Crippen LogP) is 3.19. The number of halogens is 1. The maximum Gasteiger partial charge on any atom is 0.310 e. The van der Waals surface area contributed by atoms with Crippen LogP contribution < -0.4 is 5.32 Å². The Kier molecular flexibility index (Phi) is 7.96. The number of aliphatic hydroxyl groups is 1. The fourth-order valence-electron chi connectivity index (χ4n) is 4.92. The molecule has 0 radical (unpaired) electrons. The monoisotopic (exact) mass is 462 g/mol. The lowest BCUT2D eigenvalue weighted by Crippen LogP contribution is -2.45. The molecule has 0 bridgehead atoms. The van der Waals surface area contributed by atoms with Crippen molar-refractivity contribution >= 4 is 35.1 Å². The van der Waals surface area contributed by atoms with Gasteiger partial charge in [-0.05, 0) is 44.2 Å². The Bertz CT molecular complexity index is 882. The zero-order valence-electron chi connectivity index (χ0n) is 18.7. The second-order valence-electron chi connectivity index (χ2n) is 8.31. The van der Waals surface area contributed by atoms with Crippen molar-refractivity contribution in [3.8, 4) is 0 Å². The summed E-state index contributed by atoms with van der Waals surface area (Å²) in [5, 5.41) is 12.7. The molecule has 1 aliphatic heterocycles. The van der Waals surface area contributed by atoms with Gasteiger partial charge in [-0.15, -0.1) is 0 Å². The summed E-state index contributed by atoms with van der Waals surface area (Å²) >= 11 is 6.30. The van der Waals surface area contributed by atoms with Crippen molar-refractivity contribution in [2.45, 2.75) is 39.7 Å². The summed E-state index contributed by atoms with van der Waals surface area (Å²) in [6.45, 7) is 5.89. The van der Waals surface area contributed by atoms with Gasteiger partial charge in [0.15, 0.2) is 0 Å². The first-order valence-electron chi connectivity index (χ1n) is 11.2. The van der Waals surface area contributed by atoms with Crippen LogP contribution in [-0.2, 0) is 19.1 Å². The van der Waals surface area contributed by atoms with Gasteiger partial charge in [0.05, 0.1) is 29.2 Å². The first-order chi connectivity index (χ1) is 15.3. The van der Waals surface area contributed by atoms with Gasteiger partial charge in [-0.1, -0.05) is 42.8 Å². The number of nitrogens with zero attached hydrogens (tertiary/aromatic N) is 1. The SMILES string of the molecule is CCOC(=O)[C@H]1[C@H]2C(=O)N(CCCO)[C@H](C(=O)Nc3c(C)cccc3Cl)[C@H]2C=C[C@H]1CC. The highest BCUT2D eigenvalue weighted by Crippen LogP contribution is 2.45. The Labute approximate surface area is 193 Å². The van der Waals surface area contributed by atoms with E-state index >= 15 is 0 Å². The Balaban J connectivity index is 1.99. The molecule has 8 heteroatoms. The summed E-state index contributed by atoms with van der Waals surface area (Å²) < 4.78 is 5.31. The number of para-hydroxylation sites is 1. The highest BCUT2D eigenvalue weighted by Gasteiger charge is 2.57. The molecule has 1 aromatic rings. The maximum atomic E-state index is 13.5. The largest absolute Gasteiger partial charge is 0.466 e. The zero-order valence-corrected chi connectivity index (χ0v) is 19.5. The normalized spacial score (nSPS) is 26.7. The standard InChI is InChI=1S/C24H31ClN2O5/c1-4-15-10-11-16-19(18(15)24(31)32-5-2)23(30)27(12-7-13-28)21(16)22(29)26-20-14(3)8-6-9-17(20)25/h6,8-11,15-16,18-19,21,28H,4-5,7,12-13H2,1-3H3,(H,26,29)/t15-,16+,18-,19+,21+/m1/s1. The van der Waals surface area contributed by atoms with Gasteiger partial charge in [0, 0.05) is 19.1 Å². The van der Waals surface area contributed by atoms with Gasteiger partial charge in [0.25, 0.3) is 0 Å². The summed E-state index contributed by atoms with van der Waals surface area (Å²) in [4.78, 5) is 41.3. The third-order valence-electron chi connectivity index (χ3n) is 6.44. The van der Waals surface area contributed by atoms with Crippen molar-refractivity contribution in [2.24, 2.45) is 23.7 Å². The molecular formula is C24H31ClN2O5. The lowest BCUT2D eigenvalue weighted by Gasteiger charge is -2.33. The number of fused-ring (bicyclic) bond motifs is 1. The van der Waals surface area contributed by atoms with Crippen molar-refractivity contribution in [3.63, 3.8) is 0 Å². The molecule has 2 amide bonds. The Morgan fingerprint density at radius 1 is 1.25 bits per heavy atom. The van der Waals surface area contributed by atoms with Crippen molar-refractivity contribution < 1.29 is 24.2 Å². The molecule has 1 aliphatic carbocycles. The number of benzene rings is 1. The predicted molar refractivity (Wildman–Crippen MR) is 122 cm³/mol. The summed E-state index contributed by atoms with van der Waals surface area (Å²) in [7, 11) is 0. The van der Waals surface area contributed by atoms with Crippen molar-refractivity contribution in [3.05, 3.63) is 40.9 Å². The third kappa shape index (κ3) is 4.55. The molecule has 174 valence electrons. The molecule has 1 heterocycles. The van der Waals surface area contributed by atoms with E-state index in [1.165, 1.54) is 4.90 Å². The van der Waals surface area contributed by atoms with Crippen LogP contribution >= 0.6 is 11.6 Å². The van der Waals surface area contributed by atoms with Crippen molar-refractivity contribution in [2.75, 3.05) is 25.1 Å². The maximum absolute atomic E-state index is 13.5. The van der Waals surface area contributed by atoms with Crippen LogP contribution in [0.2, 0.25) is 5.02 Å². The van der Waals surface area contributed by atoms with Crippen LogP contribution in [0.5, 0.6) is 0 Å². The molecule has 1 saturated heterocycles. The third-order valence-corrected chi connectivity index (χ3v) is 6.75. The van der Waals surface area contributed by atoms with Gasteiger partial charge in [0.1, 0.15) is 6.04 Å². The Hall–Kier alpha value is -2.38. The number of ether oxygens (including phenoxy) is 1. The molecular weight excluding hydrogens is 432 g/mol. The molecule has 1 fully saturated rings. The van der Waals surface area contributed by atoms with Crippen LogP contribution in [0.25, 0.3) is 0 Å². The molecule has 3 rings (SSSR count). The van der Waals surface area contributed by atoms with E-state index in [1.807, 2.05) is 32.1 Å². The van der Waals surface area contributed by atoms with E-state index in [0.29, 0.717) is 23.6 Å². The number of rotatable bonds is 8. The minimum atomic E-state index is -0.805. The van der Waals surface area contributed by atoms with Gasteiger partial charge in [-0.25, -0.2) is 0 Å². The van der Waals surface area contributed by atoms with Crippen LogP contribution in [0.4, 0.5) is 5.69 Å². The molecule has 2 N–H and O–H groups in total. The number of hydrogen-bond acceptors (Lipinski definition) is 5. The molecule has 0 aromatic heterocycles. The number of esters is 1. The van der Waals surface area contributed by atoms with Crippen molar-refractivity contribution in [1.82, 2.24) is 4.90 Å². The van der Waals surface area contributed by atoms with Gasteiger partial charge < -0.3 is 20.1 Å². The van der Waals surface area contributed by atoms with Gasteiger partial charge >= 0.3 is 5.97 Å². The van der Waals surface area contributed by atoms with E-state index in [-0.39, 0.29) is 37.5 Å². The van der Waals surface area contributed by atoms with Crippen molar-refractivity contribution in [1.29, 1.82) is 0 Å². The number of amides is 2. The lowest BCUT2D eigenvalue weighted by atomic mass is 9.69. The summed E-state index contributed by atoms with van der Waals surface area (Å²) in [6, 6.07) is 4.53. The number of aliphatic hydroxyl groups excluding tert-OH is 1. The van der Waals surface area contributed by atoms with E-state index in [9.17, 15) is 19.5 Å². The van der Waals surface area contributed by atoms with E-state index in [1.54, 1.807) is 19.1 Å². The van der Waals surface area contributed by atoms with Crippen LogP contribution in [0, 0.1) is 30.6 Å². The highest BCUT2D eigenvalue weighted by atomic mass is 35.5. The van der Waals surface area contributed by atoms with Crippen LogP contribution in [0.3, 0.4) is 0 Å². The van der Waals surface area contributed by atoms with E-state index < -0.39 is 29.8 Å². The molecule has 0 saturated carbocycles. The first kappa shape index (κ1) is 24.3. The quantitative estimate of drug-likeness (QED) is 0.457. The number of nitrogens with one attached hydrogen (secondary N) is 1. The topological polar surface area (TPSA) is 95.9 Å². The van der Waals surface area contributed by atoms with Crippen LogP contribution in [0.15, 0.2) is 30.4 Å². The van der Waals surface area contributed by atoms with E-state index in [4.69, 9.17) is 16.3 Å². The molecule has 2 aliphatic rings. The lowest BCUT2D eigenvalue weighted by molar-refractivity contribution is -0.155. The number of hydrogen-bond donors (Lipinski definition) is 2. The van der Waals surface area contributed by atoms with Crippen LogP contribution in [-0.4, -0.2) is 53.6 Å². The fraction of sp³-hybridized carbons (Fsp3) is 0.542. The fourth-order valence-corrected chi connectivity index (χ4v) is 5.19. The molecule has 5 atom stereocenters. The summed E-state index contributed by atoms with van der Waals surface area (Å²) in [5.41, 5.74) is 1.31. The minimum absolute atomic E-state index is 0.105. The molecule has 32 heavy (non-hydrogen) atoms. The molecule has 7 nitrogen and oxygen atoms in total. The highest BCUT2D eigenvalue weighted by molar-refractivity contribution is 6.34. The average Bonchev–Trinajstić information content (AvgIpc) is 3.05. The van der Waals surface area contributed by atoms with Gasteiger partial charge in [-0.2, -0.15) is 0 Å².